The molecule has 0 aliphatic rings. The van der Waals surface area contributed by atoms with E-state index in [1.165, 1.54) is 10.5 Å². The fourth-order valence-corrected chi connectivity index (χ4v) is 2.58. The molecule has 0 saturated carbocycles. The van der Waals surface area contributed by atoms with E-state index >= 15 is 0 Å². The van der Waals surface area contributed by atoms with Crippen LogP contribution in [0.4, 0.5) is 0 Å². The predicted molar refractivity (Wildman–Crippen MR) is 82.3 cm³/mol. The summed E-state index contributed by atoms with van der Waals surface area (Å²) < 4.78 is 2.24. The van der Waals surface area contributed by atoms with Crippen molar-refractivity contribution in [3.8, 4) is 0 Å². The largest absolute Gasteiger partial charge is 0.480 e. The number of hydrogen-bond donors (Lipinski definition) is 1. The van der Waals surface area contributed by atoms with Gasteiger partial charge in [-0.25, -0.2) is 4.98 Å². The van der Waals surface area contributed by atoms with Crippen LogP contribution in [-0.4, -0.2) is 38.4 Å². The zero-order chi connectivity index (χ0) is 15.6. The average molecular weight is 354 g/mol. The molecule has 2 heterocycles. The Balaban J connectivity index is 2.33. The molecule has 0 spiro atoms. The van der Waals surface area contributed by atoms with Crippen molar-refractivity contribution in [1.82, 2.24) is 14.3 Å². The number of carbonyl (C=O) groups is 1. The Hall–Kier alpha value is -1.73. The summed E-state index contributed by atoms with van der Waals surface area (Å²) in [4.78, 5) is 29.3. The molecule has 1 atom stereocenters. The fraction of sp³-hybridized carbons (Fsp3) is 0.357. The zero-order valence-corrected chi connectivity index (χ0v) is 13.4. The second-order valence-electron chi connectivity index (χ2n) is 4.84. The third kappa shape index (κ3) is 3.48. The highest BCUT2D eigenvalue weighted by Crippen LogP contribution is 2.11. The molecule has 6 nitrogen and oxygen atoms in total. The van der Waals surface area contributed by atoms with Crippen molar-refractivity contribution >= 4 is 27.5 Å². The number of hydrogen-bond acceptors (Lipinski definition) is 4. The number of nitrogens with zero attached hydrogens (tertiary/aromatic N) is 3. The molecule has 7 heteroatoms. The highest BCUT2D eigenvalue weighted by atomic mass is 79.9. The van der Waals surface area contributed by atoms with Crippen molar-refractivity contribution < 1.29 is 9.90 Å². The zero-order valence-electron chi connectivity index (χ0n) is 11.8. The molecule has 0 aromatic carbocycles. The van der Waals surface area contributed by atoms with Crippen LogP contribution in [0.2, 0.25) is 0 Å². The lowest BCUT2D eigenvalue weighted by atomic mass is 10.2. The average Bonchev–Trinajstić information content (AvgIpc) is 2.40. The number of aliphatic carboxylic acids is 1. The monoisotopic (exact) mass is 353 g/mol. The van der Waals surface area contributed by atoms with Crippen molar-refractivity contribution in [2.75, 3.05) is 7.05 Å². The minimum Gasteiger partial charge on any atom is -0.480 e. The molecular weight excluding hydrogens is 338 g/mol. The van der Waals surface area contributed by atoms with Crippen LogP contribution in [-0.2, 0) is 11.3 Å². The SMILES string of the molecule is CCC(C(=O)O)N(C)Cc1cc(=O)n2cc(Br)ccc2n1. The van der Waals surface area contributed by atoms with E-state index in [0.29, 0.717) is 24.3 Å². The molecule has 0 aliphatic carbocycles. The summed E-state index contributed by atoms with van der Waals surface area (Å²) in [5, 5.41) is 9.15. The molecule has 1 unspecified atom stereocenters. The van der Waals surface area contributed by atoms with Crippen molar-refractivity contribution in [1.29, 1.82) is 0 Å². The van der Waals surface area contributed by atoms with Gasteiger partial charge in [-0.05, 0) is 41.5 Å². The Labute approximate surface area is 130 Å². The van der Waals surface area contributed by atoms with E-state index in [-0.39, 0.29) is 5.56 Å². The summed E-state index contributed by atoms with van der Waals surface area (Å²) in [5.41, 5.74) is 0.912. The third-order valence-corrected chi connectivity index (χ3v) is 3.76. The molecule has 21 heavy (non-hydrogen) atoms. The van der Waals surface area contributed by atoms with Crippen LogP contribution in [0.1, 0.15) is 19.0 Å². The van der Waals surface area contributed by atoms with Gasteiger partial charge in [0.15, 0.2) is 0 Å². The van der Waals surface area contributed by atoms with Crippen molar-refractivity contribution in [3.05, 3.63) is 44.9 Å². The lowest BCUT2D eigenvalue weighted by Crippen LogP contribution is -2.37. The molecule has 112 valence electrons. The normalized spacial score (nSPS) is 12.8. The van der Waals surface area contributed by atoms with Crippen molar-refractivity contribution in [2.45, 2.75) is 25.9 Å². The van der Waals surface area contributed by atoms with E-state index in [1.54, 1.807) is 30.3 Å². The Morgan fingerprint density at radius 2 is 2.24 bits per heavy atom. The number of carboxylic acid groups (broad SMARTS) is 1. The number of carboxylic acids is 1. The second-order valence-corrected chi connectivity index (χ2v) is 5.75. The number of halogens is 1. The lowest BCUT2D eigenvalue weighted by molar-refractivity contribution is -0.143. The minimum atomic E-state index is -0.874. The quantitative estimate of drug-likeness (QED) is 0.886. The predicted octanol–water partition coefficient (Wildman–Crippen LogP) is 1.75. The van der Waals surface area contributed by atoms with Crippen LogP contribution >= 0.6 is 15.9 Å². The first-order valence-corrected chi connectivity index (χ1v) is 7.32. The first-order valence-electron chi connectivity index (χ1n) is 6.53. The maximum absolute atomic E-state index is 12.1. The van der Waals surface area contributed by atoms with Gasteiger partial charge in [0.2, 0.25) is 0 Å². The van der Waals surface area contributed by atoms with E-state index in [9.17, 15) is 9.59 Å². The summed E-state index contributed by atoms with van der Waals surface area (Å²) >= 11 is 3.31. The van der Waals surface area contributed by atoms with E-state index in [0.717, 1.165) is 4.47 Å². The van der Waals surface area contributed by atoms with E-state index in [1.807, 2.05) is 6.92 Å². The summed E-state index contributed by atoms with van der Waals surface area (Å²) in [6.45, 7) is 2.13. The highest BCUT2D eigenvalue weighted by molar-refractivity contribution is 9.10. The van der Waals surface area contributed by atoms with Crippen LogP contribution in [0.15, 0.2) is 33.7 Å². The summed E-state index contributed by atoms with van der Waals surface area (Å²) in [6.07, 6.45) is 2.15. The smallest absolute Gasteiger partial charge is 0.320 e. The van der Waals surface area contributed by atoms with Crippen LogP contribution in [0, 0.1) is 0 Å². The molecular formula is C14H16BrN3O3. The Kier molecular flexibility index (Phi) is 4.74. The number of rotatable bonds is 5. The molecule has 0 radical (unpaired) electrons. The van der Waals surface area contributed by atoms with Gasteiger partial charge in [-0.3, -0.25) is 18.9 Å². The summed E-state index contributed by atoms with van der Waals surface area (Å²) in [6, 6.07) is 4.39. The molecule has 1 N–H and O–H groups in total. The van der Waals surface area contributed by atoms with Crippen molar-refractivity contribution in [3.63, 3.8) is 0 Å². The van der Waals surface area contributed by atoms with Gasteiger partial charge in [0, 0.05) is 23.3 Å². The molecule has 0 aliphatic heterocycles. The van der Waals surface area contributed by atoms with Crippen LogP contribution < -0.4 is 5.56 Å². The first-order chi connectivity index (χ1) is 9.92. The molecule has 0 fully saturated rings. The Morgan fingerprint density at radius 3 is 2.86 bits per heavy atom. The summed E-state index contributed by atoms with van der Waals surface area (Å²) in [5.74, 6) is -0.874. The van der Waals surface area contributed by atoms with Gasteiger partial charge in [-0.2, -0.15) is 0 Å². The van der Waals surface area contributed by atoms with E-state index < -0.39 is 12.0 Å². The molecule has 0 bridgehead atoms. The number of aromatic nitrogens is 2. The van der Waals surface area contributed by atoms with Gasteiger partial charge in [0.05, 0.1) is 5.69 Å². The molecule has 2 aromatic rings. The second kappa shape index (κ2) is 6.36. The molecule has 0 saturated heterocycles. The number of likely N-dealkylation sites (N-methyl/N-ethyl adjacent to an activating group) is 1. The molecule has 0 amide bonds. The van der Waals surface area contributed by atoms with Gasteiger partial charge >= 0.3 is 5.97 Å². The lowest BCUT2D eigenvalue weighted by Gasteiger charge is -2.22. The highest BCUT2D eigenvalue weighted by Gasteiger charge is 2.21. The Bertz CT molecular complexity index is 729. The number of pyridine rings is 1. The van der Waals surface area contributed by atoms with Gasteiger partial charge < -0.3 is 5.11 Å². The van der Waals surface area contributed by atoms with Gasteiger partial charge in [0.1, 0.15) is 11.7 Å². The first kappa shape index (κ1) is 15.7. The third-order valence-electron chi connectivity index (χ3n) is 3.29. The summed E-state index contributed by atoms with van der Waals surface area (Å²) in [7, 11) is 1.72. The number of fused-ring (bicyclic) bond motifs is 1. The van der Waals surface area contributed by atoms with E-state index in [2.05, 4.69) is 20.9 Å². The van der Waals surface area contributed by atoms with Gasteiger partial charge in [0.25, 0.3) is 5.56 Å². The fourth-order valence-electron chi connectivity index (χ4n) is 2.25. The Morgan fingerprint density at radius 1 is 1.52 bits per heavy atom. The maximum atomic E-state index is 12.1. The molecule has 2 aromatic heterocycles. The van der Waals surface area contributed by atoms with Crippen LogP contribution in [0.3, 0.4) is 0 Å². The van der Waals surface area contributed by atoms with Crippen LogP contribution in [0.25, 0.3) is 5.65 Å². The topological polar surface area (TPSA) is 74.9 Å². The van der Waals surface area contributed by atoms with Crippen LogP contribution in [0.5, 0.6) is 0 Å². The standard InChI is InChI=1S/C14H16BrN3O3/c1-3-11(14(20)21)17(2)8-10-6-13(19)18-7-9(15)4-5-12(18)16-10/h4-7,11H,3,8H2,1-2H3,(H,20,21). The maximum Gasteiger partial charge on any atom is 0.320 e. The molecule has 2 rings (SSSR count). The van der Waals surface area contributed by atoms with E-state index in [4.69, 9.17) is 5.11 Å². The van der Waals surface area contributed by atoms with Crippen molar-refractivity contribution in [2.24, 2.45) is 0 Å². The van der Waals surface area contributed by atoms with Gasteiger partial charge in [-0.1, -0.05) is 6.92 Å². The van der Waals surface area contributed by atoms with Gasteiger partial charge in [-0.15, -0.1) is 0 Å². The minimum absolute atomic E-state index is 0.187.